The molecule has 2 rings (SSSR count). The van der Waals surface area contributed by atoms with E-state index in [-0.39, 0.29) is 0 Å². The Kier molecular flexibility index (Phi) is 2.43. The van der Waals surface area contributed by atoms with Crippen LogP contribution >= 0.6 is 11.3 Å². The summed E-state index contributed by atoms with van der Waals surface area (Å²) in [5.74, 6) is 0. The van der Waals surface area contributed by atoms with Crippen LogP contribution in [0.25, 0.3) is 0 Å². The molecular weight excluding hydrogens is 178 g/mol. The molecule has 0 spiro atoms. The van der Waals surface area contributed by atoms with Crippen LogP contribution in [-0.2, 0) is 11.8 Å². The Hall–Kier alpha value is -0.340. The number of nitrogens with two attached hydrogens (primary N) is 1. The summed E-state index contributed by atoms with van der Waals surface area (Å²) in [4.78, 5) is 1.58. The molecule has 1 aliphatic carbocycles. The van der Waals surface area contributed by atoms with Gasteiger partial charge in [0.2, 0.25) is 0 Å². The molecule has 2 heteroatoms. The van der Waals surface area contributed by atoms with Gasteiger partial charge < -0.3 is 5.73 Å². The van der Waals surface area contributed by atoms with Crippen LogP contribution in [0.5, 0.6) is 0 Å². The summed E-state index contributed by atoms with van der Waals surface area (Å²) in [7, 11) is 0. The Bertz CT molecular complexity index is 286. The molecule has 1 fully saturated rings. The quantitative estimate of drug-likeness (QED) is 0.785. The van der Waals surface area contributed by atoms with Crippen LogP contribution in [-0.4, -0.2) is 6.54 Å². The summed E-state index contributed by atoms with van der Waals surface area (Å²) in [5.41, 5.74) is 7.63. The maximum Gasteiger partial charge on any atom is 0.0110 e. The molecule has 1 saturated carbocycles. The largest absolute Gasteiger partial charge is 0.330 e. The zero-order valence-corrected chi connectivity index (χ0v) is 8.99. The van der Waals surface area contributed by atoms with Gasteiger partial charge in [0.05, 0.1) is 0 Å². The zero-order valence-electron chi connectivity index (χ0n) is 8.18. The van der Waals surface area contributed by atoms with Crippen LogP contribution in [0.3, 0.4) is 0 Å². The van der Waals surface area contributed by atoms with Crippen LogP contribution < -0.4 is 5.73 Å². The minimum Gasteiger partial charge on any atom is -0.330 e. The SMILES string of the molecule is CCc1csc(C2(CCN)CC2)c1. The number of rotatable bonds is 4. The summed E-state index contributed by atoms with van der Waals surface area (Å²) in [5, 5.41) is 2.30. The molecule has 0 saturated heterocycles. The van der Waals surface area contributed by atoms with Crippen LogP contribution in [0.1, 0.15) is 36.6 Å². The highest BCUT2D eigenvalue weighted by molar-refractivity contribution is 7.10. The topological polar surface area (TPSA) is 26.0 Å². The molecule has 0 aliphatic heterocycles. The monoisotopic (exact) mass is 195 g/mol. The standard InChI is InChI=1S/C11H17NS/c1-2-9-7-10(13-8-9)11(3-4-11)5-6-12/h7-8H,2-6,12H2,1H3. The van der Waals surface area contributed by atoms with Gasteiger partial charge >= 0.3 is 0 Å². The molecule has 1 nitrogen and oxygen atoms in total. The molecule has 1 aromatic heterocycles. The summed E-state index contributed by atoms with van der Waals surface area (Å²) in [6, 6.07) is 2.38. The van der Waals surface area contributed by atoms with Crippen molar-refractivity contribution >= 4 is 11.3 Å². The van der Waals surface area contributed by atoms with E-state index in [4.69, 9.17) is 5.73 Å². The van der Waals surface area contributed by atoms with Gasteiger partial charge in [0, 0.05) is 10.3 Å². The molecule has 0 unspecified atom stereocenters. The van der Waals surface area contributed by atoms with E-state index < -0.39 is 0 Å². The molecule has 2 N–H and O–H groups in total. The normalized spacial score (nSPS) is 18.9. The fourth-order valence-corrected chi connectivity index (χ4v) is 3.17. The van der Waals surface area contributed by atoms with Crippen molar-refractivity contribution in [1.29, 1.82) is 0 Å². The van der Waals surface area contributed by atoms with E-state index in [1.807, 2.05) is 11.3 Å². The Morgan fingerprint density at radius 3 is 2.77 bits per heavy atom. The summed E-state index contributed by atoms with van der Waals surface area (Å²) in [6.45, 7) is 3.05. The first kappa shape index (κ1) is 9.22. The lowest BCUT2D eigenvalue weighted by atomic mass is 10.00. The van der Waals surface area contributed by atoms with E-state index in [1.54, 1.807) is 4.88 Å². The molecular formula is C11H17NS. The molecule has 0 atom stereocenters. The van der Waals surface area contributed by atoms with E-state index in [0.717, 1.165) is 13.0 Å². The first-order chi connectivity index (χ1) is 6.30. The molecule has 1 heterocycles. The van der Waals surface area contributed by atoms with Gasteiger partial charge in [-0.3, -0.25) is 0 Å². The average Bonchev–Trinajstić information content (AvgIpc) is 2.78. The number of hydrogen-bond donors (Lipinski definition) is 1. The Balaban J connectivity index is 2.15. The summed E-state index contributed by atoms with van der Waals surface area (Å²) in [6.07, 6.45) is 5.05. The minimum atomic E-state index is 0.507. The highest BCUT2D eigenvalue weighted by atomic mass is 32.1. The third-order valence-electron chi connectivity index (χ3n) is 3.06. The van der Waals surface area contributed by atoms with Crippen molar-refractivity contribution in [1.82, 2.24) is 0 Å². The van der Waals surface area contributed by atoms with Gasteiger partial charge in [-0.15, -0.1) is 11.3 Å². The molecule has 0 aromatic carbocycles. The molecule has 0 amide bonds. The lowest BCUT2D eigenvalue weighted by Gasteiger charge is -2.10. The fraction of sp³-hybridized carbons (Fsp3) is 0.636. The Labute approximate surface area is 84.0 Å². The first-order valence-corrected chi connectivity index (χ1v) is 5.97. The third-order valence-corrected chi connectivity index (χ3v) is 4.29. The number of aryl methyl sites for hydroxylation is 1. The molecule has 72 valence electrons. The van der Waals surface area contributed by atoms with Crippen molar-refractivity contribution in [2.24, 2.45) is 5.73 Å². The van der Waals surface area contributed by atoms with Crippen molar-refractivity contribution in [3.63, 3.8) is 0 Å². The maximum absolute atomic E-state index is 5.64. The van der Waals surface area contributed by atoms with E-state index in [0.29, 0.717) is 5.41 Å². The van der Waals surface area contributed by atoms with E-state index in [2.05, 4.69) is 18.4 Å². The minimum absolute atomic E-state index is 0.507. The molecule has 0 bridgehead atoms. The lowest BCUT2D eigenvalue weighted by molar-refractivity contribution is 0.640. The predicted octanol–water partition coefficient (Wildman–Crippen LogP) is 2.69. The van der Waals surface area contributed by atoms with Crippen molar-refractivity contribution in [3.05, 3.63) is 21.9 Å². The van der Waals surface area contributed by atoms with Gasteiger partial charge in [0.15, 0.2) is 0 Å². The van der Waals surface area contributed by atoms with Crippen LogP contribution in [0.4, 0.5) is 0 Å². The highest BCUT2D eigenvalue weighted by Crippen LogP contribution is 2.52. The van der Waals surface area contributed by atoms with E-state index in [1.165, 1.54) is 24.8 Å². The van der Waals surface area contributed by atoms with Crippen LogP contribution in [0.2, 0.25) is 0 Å². The lowest BCUT2D eigenvalue weighted by Crippen LogP contribution is -2.11. The molecule has 0 radical (unpaired) electrons. The Morgan fingerprint density at radius 2 is 2.31 bits per heavy atom. The van der Waals surface area contributed by atoms with Gasteiger partial charge in [0.1, 0.15) is 0 Å². The van der Waals surface area contributed by atoms with Gasteiger partial charge in [0.25, 0.3) is 0 Å². The molecule has 1 aliphatic rings. The maximum atomic E-state index is 5.64. The van der Waals surface area contributed by atoms with Gasteiger partial charge in [-0.05, 0) is 49.2 Å². The van der Waals surface area contributed by atoms with E-state index >= 15 is 0 Å². The second-order valence-corrected chi connectivity index (χ2v) is 4.90. The predicted molar refractivity (Wildman–Crippen MR) is 58.3 cm³/mol. The van der Waals surface area contributed by atoms with Gasteiger partial charge in [-0.25, -0.2) is 0 Å². The first-order valence-electron chi connectivity index (χ1n) is 5.09. The smallest absolute Gasteiger partial charge is 0.0110 e. The van der Waals surface area contributed by atoms with Crippen molar-refractivity contribution < 1.29 is 0 Å². The average molecular weight is 195 g/mol. The third kappa shape index (κ3) is 1.65. The summed E-state index contributed by atoms with van der Waals surface area (Å²) >= 11 is 1.93. The molecule has 1 aromatic rings. The van der Waals surface area contributed by atoms with Crippen molar-refractivity contribution in [3.8, 4) is 0 Å². The Morgan fingerprint density at radius 1 is 1.54 bits per heavy atom. The highest BCUT2D eigenvalue weighted by Gasteiger charge is 2.44. The second-order valence-electron chi connectivity index (χ2n) is 3.99. The fourth-order valence-electron chi connectivity index (χ4n) is 1.89. The summed E-state index contributed by atoms with van der Waals surface area (Å²) < 4.78 is 0. The van der Waals surface area contributed by atoms with Crippen molar-refractivity contribution in [2.45, 2.75) is 38.0 Å². The zero-order chi connectivity index (χ0) is 9.31. The van der Waals surface area contributed by atoms with Gasteiger partial charge in [-0.1, -0.05) is 6.92 Å². The second kappa shape index (κ2) is 3.43. The van der Waals surface area contributed by atoms with Gasteiger partial charge in [-0.2, -0.15) is 0 Å². The molecule has 13 heavy (non-hydrogen) atoms. The number of thiophene rings is 1. The van der Waals surface area contributed by atoms with E-state index in [9.17, 15) is 0 Å². The van der Waals surface area contributed by atoms with Crippen LogP contribution in [0, 0.1) is 0 Å². The van der Waals surface area contributed by atoms with Crippen molar-refractivity contribution in [2.75, 3.05) is 6.54 Å². The van der Waals surface area contributed by atoms with Crippen LogP contribution in [0.15, 0.2) is 11.4 Å². The number of hydrogen-bond acceptors (Lipinski definition) is 2.